The zero-order chi connectivity index (χ0) is 23.1. The predicted molar refractivity (Wildman–Crippen MR) is 135 cm³/mol. The van der Waals surface area contributed by atoms with Gasteiger partial charge in [-0.25, -0.2) is 14.4 Å². The third-order valence-electron chi connectivity index (χ3n) is 6.39. The maximum absolute atomic E-state index is 15.3. The maximum atomic E-state index is 15.3. The van der Waals surface area contributed by atoms with Crippen molar-refractivity contribution in [2.75, 3.05) is 48.4 Å². The molecule has 2 aliphatic rings. The van der Waals surface area contributed by atoms with Crippen LogP contribution in [0.4, 0.5) is 21.5 Å². The van der Waals surface area contributed by atoms with E-state index in [1.807, 2.05) is 37.4 Å². The molecule has 34 heavy (non-hydrogen) atoms. The van der Waals surface area contributed by atoms with Gasteiger partial charge in [-0.2, -0.15) is 0 Å². The first kappa shape index (κ1) is 21.3. The molecule has 0 aliphatic carbocycles. The lowest BCUT2D eigenvalue weighted by Crippen LogP contribution is -2.36. The molecule has 0 unspecified atom stereocenters. The Bertz CT molecular complexity index is 1360. The van der Waals surface area contributed by atoms with Crippen LogP contribution in [-0.2, 0) is 4.74 Å². The fourth-order valence-electron chi connectivity index (χ4n) is 4.75. The number of hydrogen-bond donors (Lipinski definition) is 0. The van der Waals surface area contributed by atoms with Crippen molar-refractivity contribution >= 4 is 39.7 Å². The number of thioether (sulfide) groups is 1. The molecule has 1 fully saturated rings. The highest BCUT2D eigenvalue weighted by atomic mass is 32.2. The molecule has 0 atom stereocenters. The van der Waals surface area contributed by atoms with Crippen LogP contribution < -0.4 is 9.80 Å². The van der Waals surface area contributed by atoms with Gasteiger partial charge in [0.05, 0.1) is 58.8 Å². The Morgan fingerprint density at radius 1 is 1.03 bits per heavy atom. The number of hydrogen-bond acceptors (Lipinski definition) is 7. The zero-order valence-electron chi connectivity index (χ0n) is 18.9. The van der Waals surface area contributed by atoms with E-state index in [1.165, 1.54) is 6.07 Å². The average molecular weight is 474 g/mol. The van der Waals surface area contributed by atoms with Crippen LogP contribution in [0.2, 0.25) is 0 Å². The number of ether oxygens (including phenoxy) is 1. The predicted octanol–water partition coefficient (Wildman–Crippen LogP) is 5.22. The van der Waals surface area contributed by atoms with E-state index in [2.05, 4.69) is 20.9 Å². The second kappa shape index (κ2) is 8.85. The highest BCUT2D eigenvalue weighted by Gasteiger charge is 2.28. The van der Waals surface area contributed by atoms with Crippen molar-refractivity contribution in [3.05, 3.63) is 66.2 Å². The molecule has 4 aromatic rings. The zero-order valence-corrected chi connectivity index (χ0v) is 19.7. The molecule has 6 nitrogen and oxygen atoms in total. The maximum Gasteiger partial charge on any atom is 0.134 e. The van der Waals surface area contributed by atoms with Gasteiger partial charge in [-0.15, -0.1) is 11.8 Å². The molecule has 2 aliphatic heterocycles. The number of aromatic nitrogens is 3. The van der Waals surface area contributed by atoms with Crippen molar-refractivity contribution in [2.24, 2.45) is 0 Å². The highest BCUT2D eigenvalue weighted by molar-refractivity contribution is 7.99. The molecule has 3 aromatic heterocycles. The number of benzene rings is 1. The minimum atomic E-state index is -0.271. The van der Waals surface area contributed by atoms with E-state index in [9.17, 15) is 0 Å². The van der Waals surface area contributed by atoms with Crippen LogP contribution in [0.25, 0.3) is 22.3 Å². The fraction of sp³-hybridized carbons (Fsp3) is 0.269. The van der Waals surface area contributed by atoms with Gasteiger partial charge < -0.3 is 14.5 Å². The van der Waals surface area contributed by atoms with Gasteiger partial charge >= 0.3 is 0 Å². The minimum Gasteiger partial charge on any atom is -0.378 e. The standard InChI is InChI=1S/C26H24FN5OS/c1-17-24(21-6-2-3-8-28-21)30-20-7-4-5-19(27)23(20)25(17)32-11-14-34-26-22(32)15-18(16-29-26)31-9-12-33-13-10-31/h2-8,15-16H,9-14H2,1H3. The van der Waals surface area contributed by atoms with Crippen LogP contribution in [0.5, 0.6) is 0 Å². The van der Waals surface area contributed by atoms with E-state index in [4.69, 9.17) is 14.7 Å². The molecule has 0 bridgehead atoms. The Morgan fingerprint density at radius 2 is 1.91 bits per heavy atom. The number of halogens is 1. The van der Waals surface area contributed by atoms with Crippen molar-refractivity contribution in [2.45, 2.75) is 11.9 Å². The third-order valence-corrected chi connectivity index (χ3v) is 7.36. The average Bonchev–Trinajstić information content (AvgIpc) is 2.89. The second-order valence-electron chi connectivity index (χ2n) is 8.40. The highest BCUT2D eigenvalue weighted by Crippen LogP contribution is 2.45. The Morgan fingerprint density at radius 3 is 2.74 bits per heavy atom. The lowest BCUT2D eigenvalue weighted by molar-refractivity contribution is 0.122. The Labute approximate surface area is 201 Å². The Hall–Kier alpha value is -3.23. The second-order valence-corrected chi connectivity index (χ2v) is 9.48. The summed E-state index contributed by atoms with van der Waals surface area (Å²) in [6.45, 7) is 5.86. The summed E-state index contributed by atoms with van der Waals surface area (Å²) in [5, 5.41) is 1.50. The molecule has 0 amide bonds. The van der Waals surface area contributed by atoms with Gasteiger partial charge in [-0.1, -0.05) is 12.1 Å². The number of rotatable bonds is 3. The topological polar surface area (TPSA) is 54.4 Å². The molecule has 172 valence electrons. The van der Waals surface area contributed by atoms with Gasteiger partial charge in [0, 0.05) is 37.1 Å². The van der Waals surface area contributed by atoms with Crippen molar-refractivity contribution in [1.82, 2.24) is 15.0 Å². The van der Waals surface area contributed by atoms with Crippen LogP contribution in [0.1, 0.15) is 5.56 Å². The monoisotopic (exact) mass is 473 g/mol. The number of morpholine rings is 1. The van der Waals surface area contributed by atoms with Crippen molar-refractivity contribution in [3.63, 3.8) is 0 Å². The summed E-state index contributed by atoms with van der Waals surface area (Å²) in [6, 6.07) is 13.1. The van der Waals surface area contributed by atoms with Gasteiger partial charge in [-0.05, 0) is 37.3 Å². The van der Waals surface area contributed by atoms with E-state index in [0.717, 1.165) is 64.4 Å². The molecule has 6 rings (SSSR count). The van der Waals surface area contributed by atoms with Crippen LogP contribution in [0, 0.1) is 12.7 Å². The number of pyridine rings is 3. The van der Waals surface area contributed by atoms with Gasteiger partial charge in [-0.3, -0.25) is 4.98 Å². The summed E-state index contributed by atoms with van der Waals surface area (Å²) in [4.78, 5) is 18.7. The summed E-state index contributed by atoms with van der Waals surface area (Å²) >= 11 is 1.74. The first-order chi connectivity index (χ1) is 16.7. The van der Waals surface area contributed by atoms with Crippen molar-refractivity contribution in [3.8, 4) is 11.4 Å². The summed E-state index contributed by atoms with van der Waals surface area (Å²) in [6.07, 6.45) is 3.70. The summed E-state index contributed by atoms with van der Waals surface area (Å²) in [5.41, 5.74) is 5.99. The lowest BCUT2D eigenvalue weighted by Gasteiger charge is -2.35. The van der Waals surface area contributed by atoms with Crippen LogP contribution in [0.15, 0.2) is 59.9 Å². The Kier molecular flexibility index (Phi) is 5.55. The molecule has 8 heteroatoms. The van der Waals surface area contributed by atoms with Crippen molar-refractivity contribution in [1.29, 1.82) is 0 Å². The number of anilines is 3. The summed E-state index contributed by atoms with van der Waals surface area (Å²) < 4.78 is 20.9. The molecule has 1 aromatic carbocycles. The fourth-order valence-corrected chi connectivity index (χ4v) is 5.66. The number of fused-ring (bicyclic) bond motifs is 2. The third kappa shape index (κ3) is 3.67. The van der Waals surface area contributed by atoms with Crippen molar-refractivity contribution < 1.29 is 9.13 Å². The molecule has 0 spiro atoms. The van der Waals surface area contributed by atoms with E-state index >= 15 is 4.39 Å². The van der Waals surface area contributed by atoms with E-state index in [1.54, 1.807) is 24.0 Å². The van der Waals surface area contributed by atoms with Crippen LogP contribution >= 0.6 is 11.8 Å². The van der Waals surface area contributed by atoms with Gasteiger partial charge in [0.1, 0.15) is 10.8 Å². The van der Waals surface area contributed by atoms with E-state index < -0.39 is 0 Å². The largest absolute Gasteiger partial charge is 0.378 e. The molecule has 1 saturated heterocycles. The minimum absolute atomic E-state index is 0.271. The molecule has 0 N–H and O–H groups in total. The van der Waals surface area contributed by atoms with Gasteiger partial charge in [0.2, 0.25) is 0 Å². The van der Waals surface area contributed by atoms with E-state index in [0.29, 0.717) is 24.1 Å². The first-order valence-electron chi connectivity index (χ1n) is 11.4. The smallest absolute Gasteiger partial charge is 0.134 e. The summed E-state index contributed by atoms with van der Waals surface area (Å²) in [7, 11) is 0. The molecular formula is C26H24FN5OS. The quantitative estimate of drug-likeness (QED) is 0.404. The van der Waals surface area contributed by atoms with Gasteiger partial charge in [0.15, 0.2) is 0 Å². The lowest BCUT2D eigenvalue weighted by atomic mass is 10.0. The van der Waals surface area contributed by atoms with Gasteiger partial charge in [0.25, 0.3) is 0 Å². The Balaban J connectivity index is 1.57. The molecular weight excluding hydrogens is 449 g/mol. The van der Waals surface area contributed by atoms with Crippen LogP contribution in [-0.4, -0.2) is 53.6 Å². The first-order valence-corrected chi connectivity index (χ1v) is 12.4. The van der Waals surface area contributed by atoms with E-state index in [-0.39, 0.29) is 5.82 Å². The van der Waals surface area contributed by atoms with Crippen LogP contribution in [0.3, 0.4) is 0 Å². The molecule has 0 radical (unpaired) electrons. The summed E-state index contributed by atoms with van der Waals surface area (Å²) in [5.74, 6) is 0.598. The molecule has 0 saturated carbocycles. The SMILES string of the molecule is Cc1c(-c2ccccn2)nc2cccc(F)c2c1N1CCSc2ncc(N3CCOCC3)cc21. The number of nitrogens with zero attached hydrogens (tertiary/aromatic N) is 5. The normalized spacial score (nSPS) is 16.1. The molecule has 5 heterocycles.